The van der Waals surface area contributed by atoms with Crippen LogP contribution < -0.4 is 0 Å². The molecule has 0 bridgehead atoms. The van der Waals surface area contributed by atoms with Gasteiger partial charge in [-0.3, -0.25) is 0 Å². The van der Waals surface area contributed by atoms with Crippen molar-refractivity contribution in [3.8, 4) is 0 Å². The fraction of sp³-hybridized carbons (Fsp3) is 0.733. The highest BCUT2D eigenvalue weighted by molar-refractivity contribution is 5.36. The van der Waals surface area contributed by atoms with Crippen molar-refractivity contribution in [3.05, 3.63) is 23.8 Å². The van der Waals surface area contributed by atoms with E-state index in [-0.39, 0.29) is 10.8 Å². The zero-order chi connectivity index (χ0) is 13.1. The molecule has 0 atom stereocenters. The largest absolute Gasteiger partial charge is 0.384 e. The van der Waals surface area contributed by atoms with E-state index in [4.69, 9.17) is 9.47 Å². The number of ether oxygens (including phenoxy) is 2. The first-order valence-electron chi connectivity index (χ1n) is 6.24. The van der Waals surface area contributed by atoms with Crippen molar-refractivity contribution in [1.82, 2.24) is 0 Å². The van der Waals surface area contributed by atoms with Crippen LogP contribution in [0, 0.1) is 10.8 Å². The molecule has 2 heteroatoms. The molecular formula is C15H26O2. The normalized spacial score (nSPS) is 22.1. The highest BCUT2D eigenvalue weighted by Crippen LogP contribution is 2.46. The van der Waals surface area contributed by atoms with E-state index in [9.17, 15) is 0 Å². The minimum Gasteiger partial charge on any atom is -0.384 e. The minimum atomic E-state index is 0.0211. The van der Waals surface area contributed by atoms with Gasteiger partial charge in [0.25, 0.3) is 0 Å². The first kappa shape index (κ1) is 14.5. The molecule has 0 N–H and O–H groups in total. The van der Waals surface area contributed by atoms with Gasteiger partial charge in [-0.2, -0.15) is 0 Å². The predicted octanol–water partition coefficient (Wildman–Crippen LogP) is 3.59. The second kappa shape index (κ2) is 5.36. The number of hydrogen-bond acceptors (Lipinski definition) is 2. The fourth-order valence-corrected chi connectivity index (χ4v) is 2.81. The smallest absolute Gasteiger partial charge is 0.0575 e. The Labute approximate surface area is 106 Å². The topological polar surface area (TPSA) is 18.5 Å². The SMILES string of the molecule is C=C(C)C1=CC(COC)(COC)CCC1(C)C. The maximum Gasteiger partial charge on any atom is 0.0575 e. The van der Waals surface area contributed by atoms with Gasteiger partial charge in [-0.15, -0.1) is 0 Å². The van der Waals surface area contributed by atoms with Crippen molar-refractivity contribution in [2.75, 3.05) is 27.4 Å². The van der Waals surface area contributed by atoms with Crippen LogP contribution in [0.2, 0.25) is 0 Å². The van der Waals surface area contributed by atoms with Crippen molar-refractivity contribution in [2.24, 2.45) is 10.8 Å². The predicted molar refractivity (Wildman–Crippen MR) is 72.1 cm³/mol. The molecular weight excluding hydrogens is 212 g/mol. The summed E-state index contributed by atoms with van der Waals surface area (Å²) in [6.45, 7) is 12.2. The molecule has 2 nitrogen and oxygen atoms in total. The molecule has 0 aliphatic heterocycles. The molecule has 0 saturated heterocycles. The average Bonchev–Trinajstić information content (AvgIpc) is 2.22. The number of rotatable bonds is 5. The summed E-state index contributed by atoms with van der Waals surface area (Å²) in [5.41, 5.74) is 2.76. The maximum atomic E-state index is 5.38. The zero-order valence-electron chi connectivity index (χ0n) is 11.9. The highest BCUT2D eigenvalue weighted by Gasteiger charge is 2.38. The zero-order valence-corrected chi connectivity index (χ0v) is 11.9. The Bertz CT molecular complexity index is 307. The second-order valence-corrected chi connectivity index (χ2v) is 5.95. The highest BCUT2D eigenvalue weighted by atomic mass is 16.5. The van der Waals surface area contributed by atoms with Crippen molar-refractivity contribution in [3.63, 3.8) is 0 Å². The molecule has 0 fully saturated rings. The summed E-state index contributed by atoms with van der Waals surface area (Å²) >= 11 is 0. The van der Waals surface area contributed by atoms with Crippen LogP contribution in [0.25, 0.3) is 0 Å². The Morgan fingerprint density at radius 3 is 2.18 bits per heavy atom. The first-order chi connectivity index (χ1) is 7.87. The van der Waals surface area contributed by atoms with Crippen LogP contribution in [0.15, 0.2) is 23.8 Å². The third kappa shape index (κ3) is 3.20. The van der Waals surface area contributed by atoms with Gasteiger partial charge >= 0.3 is 0 Å². The van der Waals surface area contributed by atoms with Crippen molar-refractivity contribution in [2.45, 2.75) is 33.6 Å². The Morgan fingerprint density at radius 2 is 1.76 bits per heavy atom. The van der Waals surface area contributed by atoms with Crippen LogP contribution >= 0.6 is 0 Å². The van der Waals surface area contributed by atoms with Gasteiger partial charge in [-0.25, -0.2) is 0 Å². The fourth-order valence-electron chi connectivity index (χ4n) is 2.81. The average molecular weight is 238 g/mol. The monoisotopic (exact) mass is 238 g/mol. The molecule has 0 spiro atoms. The van der Waals surface area contributed by atoms with Gasteiger partial charge in [-0.05, 0) is 30.8 Å². The van der Waals surface area contributed by atoms with Gasteiger partial charge in [0, 0.05) is 19.6 Å². The van der Waals surface area contributed by atoms with Gasteiger partial charge in [0.2, 0.25) is 0 Å². The summed E-state index contributed by atoms with van der Waals surface area (Å²) < 4.78 is 10.8. The summed E-state index contributed by atoms with van der Waals surface area (Å²) in [6, 6.07) is 0. The number of methoxy groups -OCH3 is 2. The van der Waals surface area contributed by atoms with Crippen LogP contribution in [0.3, 0.4) is 0 Å². The lowest BCUT2D eigenvalue weighted by Crippen LogP contribution is -2.37. The van der Waals surface area contributed by atoms with Gasteiger partial charge in [-0.1, -0.05) is 32.1 Å². The first-order valence-corrected chi connectivity index (χ1v) is 6.24. The molecule has 0 saturated carbocycles. The second-order valence-electron chi connectivity index (χ2n) is 5.95. The molecule has 98 valence electrons. The lowest BCUT2D eigenvalue weighted by Gasteiger charge is -2.42. The van der Waals surface area contributed by atoms with E-state index < -0.39 is 0 Å². The Morgan fingerprint density at radius 1 is 1.24 bits per heavy atom. The van der Waals surface area contributed by atoms with Crippen molar-refractivity contribution in [1.29, 1.82) is 0 Å². The molecule has 1 rings (SSSR count). The van der Waals surface area contributed by atoms with E-state index >= 15 is 0 Å². The molecule has 1 aliphatic rings. The Kier molecular flexibility index (Phi) is 4.56. The molecule has 0 aromatic heterocycles. The van der Waals surface area contributed by atoms with E-state index in [0.29, 0.717) is 13.2 Å². The molecule has 0 radical (unpaired) electrons. The molecule has 0 unspecified atom stereocenters. The maximum absolute atomic E-state index is 5.38. The molecule has 17 heavy (non-hydrogen) atoms. The number of allylic oxidation sites excluding steroid dienone is 2. The number of hydrogen-bond donors (Lipinski definition) is 0. The van der Waals surface area contributed by atoms with Gasteiger partial charge in [0.1, 0.15) is 0 Å². The summed E-state index contributed by atoms with van der Waals surface area (Å²) in [5, 5.41) is 0. The third-order valence-corrected chi connectivity index (χ3v) is 3.75. The Balaban J connectivity index is 3.10. The van der Waals surface area contributed by atoms with Crippen LogP contribution in [0.5, 0.6) is 0 Å². The van der Waals surface area contributed by atoms with Crippen LogP contribution in [-0.4, -0.2) is 27.4 Å². The van der Waals surface area contributed by atoms with Gasteiger partial charge in [0.15, 0.2) is 0 Å². The molecule has 0 amide bonds. The lowest BCUT2D eigenvalue weighted by atomic mass is 9.65. The summed E-state index contributed by atoms with van der Waals surface area (Å²) in [7, 11) is 3.51. The molecule has 0 aromatic carbocycles. The molecule has 0 aromatic rings. The Hall–Kier alpha value is -0.600. The van der Waals surface area contributed by atoms with E-state index in [1.807, 2.05) is 0 Å². The summed E-state index contributed by atoms with van der Waals surface area (Å²) in [5.74, 6) is 0. The van der Waals surface area contributed by atoms with E-state index in [0.717, 1.165) is 18.4 Å². The van der Waals surface area contributed by atoms with Gasteiger partial charge in [0.05, 0.1) is 13.2 Å². The van der Waals surface area contributed by atoms with Crippen LogP contribution in [0.1, 0.15) is 33.6 Å². The quantitative estimate of drug-likeness (QED) is 0.728. The molecule has 0 heterocycles. The van der Waals surface area contributed by atoms with E-state index in [1.165, 1.54) is 5.57 Å². The standard InChI is InChI=1S/C15H26O2/c1-12(2)13-9-15(10-16-5,11-17-6)8-7-14(13,3)4/h9H,1,7-8,10-11H2,2-6H3. The third-order valence-electron chi connectivity index (χ3n) is 3.75. The van der Waals surface area contributed by atoms with Crippen LogP contribution in [0.4, 0.5) is 0 Å². The van der Waals surface area contributed by atoms with E-state index in [2.05, 4.69) is 33.4 Å². The summed E-state index contributed by atoms with van der Waals surface area (Å²) in [6.07, 6.45) is 4.60. The van der Waals surface area contributed by atoms with Crippen LogP contribution in [-0.2, 0) is 9.47 Å². The lowest BCUT2D eigenvalue weighted by molar-refractivity contribution is 0.0230. The van der Waals surface area contributed by atoms with Crippen molar-refractivity contribution < 1.29 is 9.47 Å². The van der Waals surface area contributed by atoms with Gasteiger partial charge < -0.3 is 9.47 Å². The minimum absolute atomic E-state index is 0.0211. The van der Waals surface area contributed by atoms with E-state index in [1.54, 1.807) is 14.2 Å². The summed E-state index contributed by atoms with van der Waals surface area (Å²) in [4.78, 5) is 0. The van der Waals surface area contributed by atoms with Crippen molar-refractivity contribution >= 4 is 0 Å². The molecule has 1 aliphatic carbocycles.